The van der Waals surface area contributed by atoms with Gasteiger partial charge < -0.3 is 9.47 Å². The van der Waals surface area contributed by atoms with Gasteiger partial charge in [-0.1, -0.05) is 35.9 Å². The van der Waals surface area contributed by atoms with E-state index >= 15 is 0 Å². The Morgan fingerprint density at radius 1 is 1.00 bits per heavy atom. The van der Waals surface area contributed by atoms with E-state index < -0.39 is 0 Å². The predicted molar refractivity (Wildman–Crippen MR) is 115 cm³/mol. The number of aryl methyl sites for hydroxylation is 1. The molecule has 1 amide bonds. The predicted octanol–water partition coefficient (Wildman–Crippen LogP) is 4.76. The number of carbonyl (C=O) groups excluding carboxylic acids is 1. The first kappa shape index (κ1) is 20.4. The van der Waals surface area contributed by atoms with Crippen LogP contribution in [0.2, 0.25) is 5.02 Å². The molecule has 0 radical (unpaired) electrons. The Labute approximate surface area is 174 Å². The van der Waals surface area contributed by atoms with Gasteiger partial charge in [0, 0.05) is 5.02 Å². The summed E-state index contributed by atoms with van der Waals surface area (Å²) in [6, 6.07) is 22.4. The Kier molecular flexibility index (Phi) is 7.25. The summed E-state index contributed by atoms with van der Waals surface area (Å²) in [4.78, 5) is 11.8. The normalized spacial score (nSPS) is 10.7. The summed E-state index contributed by atoms with van der Waals surface area (Å²) in [5.74, 6) is 1.07. The third kappa shape index (κ3) is 6.97. The minimum Gasteiger partial charge on any atom is -0.489 e. The Morgan fingerprint density at radius 2 is 1.76 bits per heavy atom. The summed E-state index contributed by atoms with van der Waals surface area (Å²) < 4.78 is 11.2. The molecule has 0 aliphatic carbocycles. The van der Waals surface area contributed by atoms with Gasteiger partial charge in [-0.05, 0) is 72.1 Å². The number of ether oxygens (including phenoxy) is 2. The summed E-state index contributed by atoms with van der Waals surface area (Å²) in [7, 11) is 0. The Morgan fingerprint density at radius 3 is 2.48 bits per heavy atom. The fraction of sp³-hybridized carbons (Fsp3) is 0.130. The molecule has 3 rings (SSSR count). The lowest BCUT2D eigenvalue weighted by atomic mass is 10.2. The molecule has 29 heavy (non-hydrogen) atoms. The molecule has 0 atom stereocenters. The smallest absolute Gasteiger partial charge is 0.277 e. The summed E-state index contributed by atoms with van der Waals surface area (Å²) >= 11 is 5.87. The maximum absolute atomic E-state index is 11.8. The summed E-state index contributed by atoms with van der Waals surface area (Å²) in [6.45, 7) is 2.32. The number of nitrogens with one attached hydrogen (secondary N) is 1. The fourth-order valence-corrected chi connectivity index (χ4v) is 2.59. The molecule has 0 aromatic heterocycles. The quantitative estimate of drug-likeness (QED) is 0.432. The molecule has 0 unspecified atom stereocenters. The van der Waals surface area contributed by atoms with Gasteiger partial charge in [-0.25, -0.2) is 5.43 Å². The molecule has 148 valence electrons. The minimum absolute atomic E-state index is 0.0989. The van der Waals surface area contributed by atoms with E-state index in [1.54, 1.807) is 12.3 Å². The molecule has 0 aliphatic rings. The van der Waals surface area contributed by atoms with E-state index in [1.165, 1.54) is 0 Å². The maximum atomic E-state index is 11.8. The van der Waals surface area contributed by atoms with Gasteiger partial charge in [0.1, 0.15) is 18.1 Å². The topological polar surface area (TPSA) is 59.9 Å². The number of rotatable bonds is 8. The molecule has 5 nitrogen and oxygen atoms in total. The lowest BCUT2D eigenvalue weighted by Crippen LogP contribution is -2.24. The van der Waals surface area contributed by atoms with Gasteiger partial charge in [-0.3, -0.25) is 4.79 Å². The molecule has 0 saturated heterocycles. The molecule has 0 spiro atoms. The van der Waals surface area contributed by atoms with E-state index in [0.717, 1.165) is 22.4 Å². The summed E-state index contributed by atoms with van der Waals surface area (Å²) in [5, 5.41) is 4.65. The molecule has 0 heterocycles. The number of hydrazone groups is 1. The zero-order chi connectivity index (χ0) is 20.5. The molecular weight excluding hydrogens is 388 g/mol. The van der Waals surface area contributed by atoms with E-state index in [2.05, 4.69) is 10.5 Å². The Balaban J connectivity index is 1.42. The van der Waals surface area contributed by atoms with Crippen molar-refractivity contribution in [1.82, 2.24) is 5.43 Å². The van der Waals surface area contributed by atoms with E-state index in [1.807, 2.05) is 73.7 Å². The lowest BCUT2D eigenvalue weighted by Gasteiger charge is -2.07. The highest BCUT2D eigenvalue weighted by atomic mass is 35.5. The third-order valence-corrected chi connectivity index (χ3v) is 4.21. The number of hydrogen-bond donors (Lipinski definition) is 1. The summed E-state index contributed by atoms with van der Waals surface area (Å²) in [6.07, 6.45) is 1.56. The Bertz CT molecular complexity index is 970. The average Bonchev–Trinajstić information content (AvgIpc) is 2.73. The summed E-state index contributed by atoms with van der Waals surface area (Å²) in [5.41, 5.74) is 5.39. The van der Waals surface area contributed by atoms with Gasteiger partial charge in [0.15, 0.2) is 6.61 Å². The van der Waals surface area contributed by atoms with Crippen LogP contribution in [-0.4, -0.2) is 18.7 Å². The number of benzene rings is 3. The van der Waals surface area contributed by atoms with Crippen LogP contribution in [0.15, 0.2) is 77.9 Å². The van der Waals surface area contributed by atoms with E-state index in [-0.39, 0.29) is 12.5 Å². The zero-order valence-electron chi connectivity index (χ0n) is 16.0. The van der Waals surface area contributed by atoms with Crippen molar-refractivity contribution in [2.24, 2.45) is 5.10 Å². The highest BCUT2D eigenvalue weighted by Crippen LogP contribution is 2.15. The monoisotopic (exact) mass is 408 g/mol. The van der Waals surface area contributed by atoms with Crippen molar-refractivity contribution in [3.8, 4) is 11.5 Å². The van der Waals surface area contributed by atoms with E-state index in [0.29, 0.717) is 17.4 Å². The lowest BCUT2D eigenvalue weighted by molar-refractivity contribution is -0.123. The number of amides is 1. The highest BCUT2D eigenvalue weighted by Gasteiger charge is 2.01. The van der Waals surface area contributed by atoms with Crippen molar-refractivity contribution < 1.29 is 14.3 Å². The molecule has 0 aliphatic heterocycles. The third-order valence-electron chi connectivity index (χ3n) is 3.96. The van der Waals surface area contributed by atoms with Crippen LogP contribution in [0.3, 0.4) is 0 Å². The number of halogens is 1. The molecule has 6 heteroatoms. The standard InChI is InChI=1S/C23H21ClN2O3/c1-17-3-2-4-22(13-17)29-16-23(27)26-25-14-18-7-11-21(12-8-18)28-15-19-5-9-20(24)10-6-19/h2-14H,15-16H2,1H3,(H,26,27)/b25-14+. The number of hydrogen-bond acceptors (Lipinski definition) is 4. The van der Waals surface area contributed by atoms with Crippen molar-refractivity contribution in [1.29, 1.82) is 0 Å². The van der Waals surface area contributed by atoms with Gasteiger partial charge in [0.25, 0.3) is 5.91 Å². The van der Waals surface area contributed by atoms with Crippen LogP contribution in [0.5, 0.6) is 11.5 Å². The van der Waals surface area contributed by atoms with Crippen LogP contribution in [0.1, 0.15) is 16.7 Å². The second-order valence-electron chi connectivity index (χ2n) is 6.38. The van der Waals surface area contributed by atoms with Crippen LogP contribution < -0.4 is 14.9 Å². The van der Waals surface area contributed by atoms with E-state index in [9.17, 15) is 4.79 Å². The van der Waals surface area contributed by atoms with Crippen molar-refractivity contribution in [3.05, 3.63) is 94.5 Å². The van der Waals surface area contributed by atoms with E-state index in [4.69, 9.17) is 21.1 Å². The zero-order valence-corrected chi connectivity index (χ0v) is 16.7. The molecule has 1 N–H and O–H groups in total. The van der Waals surface area contributed by atoms with Crippen molar-refractivity contribution in [2.75, 3.05) is 6.61 Å². The van der Waals surface area contributed by atoms with Crippen LogP contribution in [-0.2, 0) is 11.4 Å². The van der Waals surface area contributed by atoms with Crippen LogP contribution >= 0.6 is 11.6 Å². The largest absolute Gasteiger partial charge is 0.489 e. The van der Waals surface area contributed by atoms with Crippen molar-refractivity contribution in [3.63, 3.8) is 0 Å². The van der Waals surface area contributed by atoms with Crippen molar-refractivity contribution >= 4 is 23.7 Å². The fourth-order valence-electron chi connectivity index (χ4n) is 2.46. The second-order valence-corrected chi connectivity index (χ2v) is 6.82. The molecule has 0 saturated carbocycles. The van der Waals surface area contributed by atoms with Gasteiger partial charge in [0.2, 0.25) is 0 Å². The molecule has 3 aromatic carbocycles. The highest BCUT2D eigenvalue weighted by molar-refractivity contribution is 6.30. The first-order valence-electron chi connectivity index (χ1n) is 9.07. The number of nitrogens with zero attached hydrogens (tertiary/aromatic N) is 1. The van der Waals surface area contributed by atoms with Gasteiger partial charge in [-0.2, -0.15) is 5.10 Å². The second kappa shape index (κ2) is 10.3. The van der Waals surface area contributed by atoms with Gasteiger partial charge in [-0.15, -0.1) is 0 Å². The first-order valence-corrected chi connectivity index (χ1v) is 9.45. The Hall–Kier alpha value is -3.31. The van der Waals surface area contributed by atoms with Gasteiger partial charge >= 0.3 is 0 Å². The minimum atomic E-state index is -0.328. The van der Waals surface area contributed by atoms with Crippen LogP contribution in [0.25, 0.3) is 0 Å². The average molecular weight is 409 g/mol. The van der Waals surface area contributed by atoms with Crippen molar-refractivity contribution in [2.45, 2.75) is 13.5 Å². The number of carbonyl (C=O) groups is 1. The molecule has 0 fully saturated rings. The maximum Gasteiger partial charge on any atom is 0.277 e. The first-order chi connectivity index (χ1) is 14.1. The SMILES string of the molecule is Cc1cccc(OCC(=O)N/N=C/c2ccc(OCc3ccc(Cl)cc3)cc2)c1. The molecular formula is C23H21ClN2O3. The molecule has 3 aromatic rings. The van der Waals surface area contributed by atoms with Crippen LogP contribution in [0, 0.1) is 6.92 Å². The van der Waals surface area contributed by atoms with Crippen LogP contribution in [0.4, 0.5) is 0 Å². The van der Waals surface area contributed by atoms with Gasteiger partial charge in [0.05, 0.1) is 6.21 Å². The molecule has 0 bridgehead atoms.